The van der Waals surface area contributed by atoms with E-state index in [2.05, 4.69) is 10.4 Å². The first-order valence-electron chi connectivity index (χ1n) is 11.4. The highest BCUT2D eigenvalue weighted by molar-refractivity contribution is 5.76. The lowest BCUT2D eigenvalue weighted by atomic mass is 10.1. The normalized spacial score (nSPS) is 12.1. The van der Waals surface area contributed by atoms with Crippen molar-refractivity contribution in [1.29, 1.82) is 0 Å². The molecule has 33 heavy (non-hydrogen) atoms. The molecule has 7 heteroatoms. The predicted molar refractivity (Wildman–Crippen MR) is 129 cm³/mol. The average molecular weight is 444 g/mol. The molecule has 4 aromatic rings. The fourth-order valence-corrected chi connectivity index (χ4v) is 3.85. The molecule has 1 N–H and O–H groups in total. The predicted octanol–water partition coefficient (Wildman–Crippen LogP) is 3.76. The van der Waals surface area contributed by atoms with Gasteiger partial charge in [-0.3, -0.25) is 9.59 Å². The number of hydrogen-bond acceptors (Lipinski definition) is 4. The Balaban J connectivity index is 1.79. The van der Waals surface area contributed by atoms with E-state index in [0.717, 1.165) is 23.2 Å². The molecule has 2 aromatic heterocycles. The maximum Gasteiger partial charge on any atom is 0.279 e. The van der Waals surface area contributed by atoms with Gasteiger partial charge in [-0.1, -0.05) is 67.6 Å². The molecule has 1 amide bonds. The van der Waals surface area contributed by atoms with Crippen molar-refractivity contribution in [2.24, 2.45) is 0 Å². The fourth-order valence-electron chi connectivity index (χ4n) is 3.85. The number of nitrogens with zero attached hydrogens (tertiary/aromatic N) is 4. The van der Waals surface area contributed by atoms with Crippen LogP contribution in [0.5, 0.6) is 0 Å². The van der Waals surface area contributed by atoms with Gasteiger partial charge in [-0.05, 0) is 32.3 Å². The second-order valence-electron chi connectivity index (χ2n) is 8.33. The third-order valence-electron chi connectivity index (χ3n) is 5.96. The number of carbonyl (C=O) groups is 1. The maximum absolute atomic E-state index is 13.4. The highest BCUT2D eigenvalue weighted by Gasteiger charge is 2.19. The van der Waals surface area contributed by atoms with E-state index in [9.17, 15) is 9.59 Å². The number of amides is 1. The zero-order valence-corrected chi connectivity index (χ0v) is 19.3. The number of nitrogens with one attached hydrogen (secondary N) is 1. The van der Waals surface area contributed by atoms with Crippen LogP contribution in [0.25, 0.3) is 17.2 Å². The van der Waals surface area contributed by atoms with Gasteiger partial charge in [0.05, 0.1) is 6.54 Å². The highest BCUT2D eigenvalue weighted by atomic mass is 16.1. The first-order valence-corrected chi connectivity index (χ1v) is 11.4. The van der Waals surface area contributed by atoms with Gasteiger partial charge >= 0.3 is 0 Å². The van der Waals surface area contributed by atoms with Crippen LogP contribution in [0.15, 0.2) is 65.5 Å². The summed E-state index contributed by atoms with van der Waals surface area (Å²) in [4.78, 5) is 30.5. The minimum atomic E-state index is -0.224. The van der Waals surface area contributed by atoms with Gasteiger partial charge < -0.3 is 9.88 Å². The van der Waals surface area contributed by atoms with Crippen molar-refractivity contribution in [3.8, 4) is 11.4 Å². The van der Waals surface area contributed by atoms with Gasteiger partial charge in [-0.25, -0.2) is 0 Å². The molecular weight excluding hydrogens is 414 g/mol. The van der Waals surface area contributed by atoms with Gasteiger partial charge in [-0.15, -0.1) is 5.10 Å². The van der Waals surface area contributed by atoms with Crippen LogP contribution in [0, 0.1) is 6.92 Å². The zero-order valence-electron chi connectivity index (χ0n) is 19.3. The summed E-state index contributed by atoms with van der Waals surface area (Å²) in [7, 11) is 0. The van der Waals surface area contributed by atoms with Crippen LogP contribution in [0.2, 0.25) is 0 Å². The lowest BCUT2D eigenvalue weighted by Gasteiger charge is -2.16. The fraction of sp³-hybridized carbons (Fsp3) is 0.308. The molecule has 0 aliphatic carbocycles. The van der Waals surface area contributed by atoms with Gasteiger partial charge in [0.25, 0.3) is 5.56 Å². The van der Waals surface area contributed by atoms with E-state index in [1.54, 1.807) is 0 Å². The van der Waals surface area contributed by atoms with Crippen LogP contribution in [-0.2, 0) is 17.8 Å². The Hall–Kier alpha value is -3.74. The Kier molecular flexibility index (Phi) is 6.68. The number of rotatable bonds is 8. The first kappa shape index (κ1) is 22.5. The smallest absolute Gasteiger partial charge is 0.279 e. The third-order valence-corrected chi connectivity index (χ3v) is 5.96. The molecule has 2 heterocycles. The van der Waals surface area contributed by atoms with E-state index in [1.165, 1.54) is 4.52 Å². The Morgan fingerprint density at radius 1 is 1.06 bits per heavy atom. The number of fused-ring (bicyclic) bond motifs is 1. The van der Waals surface area contributed by atoms with Crippen LogP contribution >= 0.6 is 0 Å². The van der Waals surface area contributed by atoms with Crippen molar-refractivity contribution in [2.45, 2.75) is 52.6 Å². The van der Waals surface area contributed by atoms with Crippen LogP contribution in [0.4, 0.5) is 0 Å². The second-order valence-corrected chi connectivity index (χ2v) is 8.33. The highest BCUT2D eigenvalue weighted by Crippen LogP contribution is 2.18. The molecule has 0 saturated carbocycles. The molecule has 4 rings (SSSR count). The molecular formula is C26H29N5O2. The lowest BCUT2D eigenvalue weighted by molar-refractivity contribution is -0.121. The van der Waals surface area contributed by atoms with Crippen LogP contribution in [0.3, 0.4) is 0 Å². The Morgan fingerprint density at radius 3 is 2.39 bits per heavy atom. The molecule has 1 atom stereocenters. The number of hydrogen-bond donors (Lipinski definition) is 1. The molecule has 0 spiro atoms. The lowest BCUT2D eigenvalue weighted by Crippen LogP contribution is -2.33. The Morgan fingerprint density at radius 2 is 1.73 bits per heavy atom. The molecule has 7 nitrogen and oxygen atoms in total. The molecule has 170 valence electrons. The van der Waals surface area contributed by atoms with Crippen LogP contribution in [0.1, 0.15) is 43.5 Å². The summed E-state index contributed by atoms with van der Waals surface area (Å²) in [5, 5.41) is 7.52. The second kappa shape index (κ2) is 9.81. The molecule has 0 saturated heterocycles. The minimum Gasteiger partial charge on any atom is -0.354 e. The minimum absolute atomic E-state index is 0.0542. The topological polar surface area (TPSA) is 81.3 Å². The molecule has 0 fully saturated rings. The summed E-state index contributed by atoms with van der Waals surface area (Å²) in [6, 6.07) is 19.8. The number of carbonyl (C=O) groups excluding carboxylic acids is 1. The van der Waals surface area contributed by atoms with E-state index in [1.807, 2.05) is 86.0 Å². The van der Waals surface area contributed by atoms with Crippen molar-refractivity contribution < 1.29 is 4.79 Å². The SMILES string of the molecule is CC[C@@H](C)NC(=O)CCc1c(C)n(Cc2ccccc2)c2nc(-c3ccccc3)nn2c1=O. The Bertz CT molecular complexity index is 1310. The molecule has 0 aliphatic heterocycles. The van der Waals surface area contributed by atoms with Gasteiger partial charge in [0.1, 0.15) is 0 Å². The van der Waals surface area contributed by atoms with Crippen molar-refractivity contribution in [3.63, 3.8) is 0 Å². The molecule has 0 radical (unpaired) electrons. The van der Waals surface area contributed by atoms with E-state index >= 15 is 0 Å². The number of benzene rings is 2. The summed E-state index contributed by atoms with van der Waals surface area (Å²) >= 11 is 0. The molecule has 0 aliphatic rings. The average Bonchev–Trinajstić information content (AvgIpc) is 3.28. The van der Waals surface area contributed by atoms with Crippen molar-refractivity contribution in [1.82, 2.24) is 24.5 Å². The van der Waals surface area contributed by atoms with Crippen molar-refractivity contribution in [2.75, 3.05) is 0 Å². The molecule has 0 unspecified atom stereocenters. The summed E-state index contributed by atoms with van der Waals surface area (Å²) in [5.74, 6) is 0.940. The third kappa shape index (κ3) is 4.87. The zero-order chi connectivity index (χ0) is 23.4. The van der Waals surface area contributed by atoms with Gasteiger partial charge in [0.2, 0.25) is 11.7 Å². The van der Waals surface area contributed by atoms with Crippen molar-refractivity contribution in [3.05, 3.63) is 87.8 Å². The number of aromatic nitrogens is 4. The molecule has 2 aromatic carbocycles. The summed E-state index contributed by atoms with van der Waals surface area (Å²) in [6.45, 7) is 6.47. The van der Waals surface area contributed by atoms with Gasteiger partial charge in [0.15, 0.2) is 5.82 Å². The summed E-state index contributed by atoms with van der Waals surface area (Å²) in [6.07, 6.45) is 1.46. The summed E-state index contributed by atoms with van der Waals surface area (Å²) < 4.78 is 3.39. The van der Waals surface area contributed by atoms with E-state index in [0.29, 0.717) is 30.1 Å². The van der Waals surface area contributed by atoms with Gasteiger partial charge in [0, 0.05) is 29.3 Å². The monoisotopic (exact) mass is 443 g/mol. The largest absolute Gasteiger partial charge is 0.354 e. The van der Waals surface area contributed by atoms with Crippen molar-refractivity contribution >= 4 is 11.7 Å². The summed E-state index contributed by atoms with van der Waals surface area (Å²) in [5.41, 5.74) is 3.11. The van der Waals surface area contributed by atoms with E-state index in [-0.39, 0.29) is 23.9 Å². The Labute approximate surface area is 193 Å². The first-order chi connectivity index (χ1) is 16.0. The van der Waals surface area contributed by atoms with Gasteiger partial charge in [-0.2, -0.15) is 9.50 Å². The maximum atomic E-state index is 13.4. The van der Waals surface area contributed by atoms with Crippen LogP contribution in [-0.4, -0.2) is 31.1 Å². The van der Waals surface area contributed by atoms with E-state index in [4.69, 9.17) is 4.98 Å². The van der Waals surface area contributed by atoms with Crippen LogP contribution < -0.4 is 10.9 Å². The quantitative estimate of drug-likeness (QED) is 0.450. The standard InChI is InChI=1S/C26H29N5O2/c1-4-18(2)27-23(32)16-15-22-19(3)30(17-20-11-7-5-8-12-20)26-28-24(29-31(26)25(22)33)21-13-9-6-10-14-21/h5-14,18H,4,15-17H2,1-3H3,(H,27,32)/t18-/m1/s1. The van der Waals surface area contributed by atoms with E-state index < -0.39 is 0 Å². The molecule has 0 bridgehead atoms.